The van der Waals surface area contributed by atoms with E-state index < -0.39 is 79.5 Å². The average molecular weight is 591 g/mol. The van der Waals surface area contributed by atoms with E-state index in [9.17, 15) is 40.2 Å². The summed E-state index contributed by atoms with van der Waals surface area (Å²) >= 11 is 0. The van der Waals surface area contributed by atoms with Gasteiger partial charge in [-0.2, -0.15) is 0 Å². The molecular weight excluding hydrogens is 556 g/mol. The second-order valence-electron chi connectivity index (χ2n) is 10.6. The molecule has 4 heterocycles. The summed E-state index contributed by atoms with van der Waals surface area (Å²) < 4.78 is 22.0. The molecule has 1 aromatic carbocycles. The second-order valence-corrected chi connectivity index (χ2v) is 10.6. The van der Waals surface area contributed by atoms with Crippen molar-refractivity contribution in [1.82, 2.24) is 10.3 Å². The standard InChI is InChI=1S/C28H34N2O12/c1-3-12-13(7-18-21-15(8-19(29-18)25(36)37)14-6-11(32)4-5-17(14)30-21)16(26(38)39-2)10-40-27(12)42-28-24(35)23(34)22(33)20(9-31)41-28/h3-6,10,12-13,18-20,22-24,27-35H,1,7-9H2,2H3,(H,36,37). The van der Waals surface area contributed by atoms with Gasteiger partial charge in [0.1, 0.15) is 36.2 Å². The summed E-state index contributed by atoms with van der Waals surface area (Å²) in [6.45, 7) is 3.22. The van der Waals surface area contributed by atoms with E-state index in [0.717, 1.165) is 11.8 Å². The zero-order chi connectivity index (χ0) is 30.3. The van der Waals surface area contributed by atoms with Gasteiger partial charge in [-0.3, -0.25) is 10.1 Å². The number of hydrogen-bond donors (Lipinski definition) is 8. The van der Waals surface area contributed by atoms with Crippen LogP contribution in [0, 0.1) is 11.8 Å². The molecule has 2 aromatic rings. The van der Waals surface area contributed by atoms with E-state index in [1.165, 1.54) is 19.3 Å². The summed E-state index contributed by atoms with van der Waals surface area (Å²) in [4.78, 5) is 28.3. The number of carboxylic acids is 1. The van der Waals surface area contributed by atoms with Crippen LogP contribution >= 0.6 is 0 Å². The van der Waals surface area contributed by atoms with Gasteiger partial charge in [0.25, 0.3) is 0 Å². The number of phenols is 1. The summed E-state index contributed by atoms with van der Waals surface area (Å²) in [5.41, 5.74) is 2.25. The van der Waals surface area contributed by atoms with Crippen molar-refractivity contribution in [1.29, 1.82) is 0 Å². The van der Waals surface area contributed by atoms with Gasteiger partial charge in [0, 0.05) is 40.9 Å². The number of H-pyrrole nitrogens is 1. The van der Waals surface area contributed by atoms with E-state index >= 15 is 0 Å². The molecule has 0 bridgehead atoms. The number of carboxylic acid groups (broad SMARTS) is 1. The molecule has 3 aliphatic heterocycles. The Morgan fingerprint density at radius 2 is 1.93 bits per heavy atom. The molecule has 10 unspecified atom stereocenters. The topological polar surface area (TPSA) is 220 Å². The van der Waals surface area contributed by atoms with Crippen molar-refractivity contribution in [3.8, 4) is 5.75 Å². The summed E-state index contributed by atoms with van der Waals surface area (Å²) in [6.07, 6.45) is -5.95. The van der Waals surface area contributed by atoms with Crippen molar-refractivity contribution in [3.05, 3.63) is 53.9 Å². The molecule has 3 aliphatic rings. The molecular formula is C28H34N2O12. The lowest BCUT2D eigenvalue weighted by Gasteiger charge is -2.43. The number of ether oxygens (including phenoxy) is 4. The number of methoxy groups -OCH3 is 1. The largest absolute Gasteiger partial charge is 0.508 e. The van der Waals surface area contributed by atoms with E-state index in [0.29, 0.717) is 16.6 Å². The van der Waals surface area contributed by atoms with Crippen LogP contribution in [-0.4, -0.2) is 104 Å². The van der Waals surface area contributed by atoms with Crippen LogP contribution in [0.1, 0.15) is 23.7 Å². The first-order valence-corrected chi connectivity index (χ1v) is 13.4. The molecule has 1 saturated heterocycles. The van der Waals surface area contributed by atoms with Crippen molar-refractivity contribution in [3.63, 3.8) is 0 Å². The Hall–Kier alpha value is -3.50. The third kappa shape index (κ3) is 5.38. The first kappa shape index (κ1) is 30.0. The number of aliphatic hydroxyl groups excluding tert-OH is 4. The van der Waals surface area contributed by atoms with Crippen molar-refractivity contribution in [2.45, 2.75) is 61.9 Å². The number of aliphatic carboxylic acids is 1. The van der Waals surface area contributed by atoms with Gasteiger partial charge < -0.3 is 54.6 Å². The monoisotopic (exact) mass is 590 g/mol. The summed E-state index contributed by atoms with van der Waals surface area (Å²) in [6, 6.07) is 3.21. The van der Waals surface area contributed by atoms with Crippen LogP contribution in [0.5, 0.6) is 5.75 Å². The van der Waals surface area contributed by atoms with Gasteiger partial charge in [-0.05, 0) is 30.2 Å². The molecule has 0 amide bonds. The van der Waals surface area contributed by atoms with Crippen molar-refractivity contribution >= 4 is 22.8 Å². The van der Waals surface area contributed by atoms with Gasteiger partial charge in [-0.15, -0.1) is 6.58 Å². The van der Waals surface area contributed by atoms with Crippen LogP contribution in [0.25, 0.3) is 10.9 Å². The number of hydrogen-bond acceptors (Lipinski definition) is 12. The quantitative estimate of drug-likeness (QED) is 0.144. The molecule has 0 aliphatic carbocycles. The fraction of sp³-hybridized carbons (Fsp3) is 0.500. The number of carbonyl (C=O) groups excluding carboxylic acids is 1. The van der Waals surface area contributed by atoms with Crippen LogP contribution in [0.15, 0.2) is 42.7 Å². The molecule has 14 heteroatoms. The van der Waals surface area contributed by atoms with Crippen LogP contribution < -0.4 is 5.32 Å². The number of aliphatic hydroxyl groups is 4. The molecule has 10 atom stereocenters. The number of esters is 1. The Morgan fingerprint density at radius 3 is 2.60 bits per heavy atom. The minimum Gasteiger partial charge on any atom is -0.508 e. The predicted molar refractivity (Wildman–Crippen MR) is 143 cm³/mol. The number of aromatic nitrogens is 1. The fourth-order valence-electron chi connectivity index (χ4n) is 5.99. The SMILES string of the molecule is C=CC1C(OC2OC(CO)C(O)C(O)C2O)OC=C(C(=O)OC)C1CC1NC(C(=O)O)Cc2c1[nH]c1ccc(O)cc21. The van der Waals surface area contributed by atoms with E-state index in [1.54, 1.807) is 12.1 Å². The normalized spacial score (nSPS) is 34.6. The van der Waals surface area contributed by atoms with Crippen LogP contribution in [-0.2, 0) is 35.0 Å². The van der Waals surface area contributed by atoms with Gasteiger partial charge in [-0.25, -0.2) is 4.79 Å². The molecule has 14 nitrogen and oxygen atoms in total. The van der Waals surface area contributed by atoms with Crippen LogP contribution in [0.4, 0.5) is 0 Å². The highest BCUT2D eigenvalue weighted by Crippen LogP contribution is 2.43. The number of nitrogens with one attached hydrogen (secondary N) is 2. The maximum Gasteiger partial charge on any atom is 0.337 e. The molecule has 8 N–H and O–H groups in total. The smallest absolute Gasteiger partial charge is 0.337 e. The maximum absolute atomic E-state index is 12.8. The highest BCUT2D eigenvalue weighted by atomic mass is 16.8. The van der Waals surface area contributed by atoms with Crippen LogP contribution in [0.2, 0.25) is 0 Å². The van der Waals surface area contributed by atoms with E-state index in [4.69, 9.17) is 18.9 Å². The first-order chi connectivity index (χ1) is 20.1. The van der Waals surface area contributed by atoms with Crippen molar-refractivity contribution in [2.24, 2.45) is 11.8 Å². The summed E-state index contributed by atoms with van der Waals surface area (Å²) in [5, 5.41) is 64.1. The van der Waals surface area contributed by atoms with Gasteiger partial charge in [0.2, 0.25) is 6.29 Å². The second kappa shape index (κ2) is 12.0. The minimum absolute atomic E-state index is 0.0338. The fourth-order valence-corrected chi connectivity index (χ4v) is 5.99. The van der Waals surface area contributed by atoms with E-state index in [-0.39, 0.29) is 24.2 Å². The van der Waals surface area contributed by atoms with Gasteiger partial charge in [0.15, 0.2) is 6.29 Å². The maximum atomic E-state index is 12.8. The predicted octanol–water partition coefficient (Wildman–Crippen LogP) is -0.448. The summed E-state index contributed by atoms with van der Waals surface area (Å²) in [5.74, 6) is -3.21. The molecule has 0 spiro atoms. The third-order valence-electron chi connectivity index (χ3n) is 8.19. The Labute approximate surface area is 239 Å². The van der Waals surface area contributed by atoms with E-state index in [2.05, 4.69) is 16.9 Å². The van der Waals surface area contributed by atoms with Gasteiger partial charge in [0.05, 0.1) is 25.6 Å². The Bertz CT molecular complexity index is 1370. The minimum atomic E-state index is -1.69. The lowest BCUT2D eigenvalue weighted by molar-refractivity contribution is -0.339. The Balaban J connectivity index is 1.48. The number of aromatic amines is 1. The van der Waals surface area contributed by atoms with Gasteiger partial charge in [-0.1, -0.05) is 6.08 Å². The molecule has 5 rings (SSSR count). The third-order valence-corrected chi connectivity index (χ3v) is 8.19. The number of aromatic hydroxyl groups is 1. The van der Waals surface area contributed by atoms with Gasteiger partial charge >= 0.3 is 11.9 Å². The number of rotatable bonds is 8. The summed E-state index contributed by atoms with van der Waals surface area (Å²) in [7, 11) is 1.21. The van der Waals surface area contributed by atoms with E-state index in [1.807, 2.05) is 0 Å². The first-order valence-electron chi connectivity index (χ1n) is 13.4. The number of fused-ring (bicyclic) bond motifs is 3. The zero-order valence-corrected chi connectivity index (χ0v) is 22.6. The molecule has 0 radical (unpaired) electrons. The average Bonchev–Trinajstić information content (AvgIpc) is 3.35. The molecule has 42 heavy (non-hydrogen) atoms. The Morgan fingerprint density at radius 1 is 1.17 bits per heavy atom. The molecule has 0 saturated carbocycles. The lowest BCUT2D eigenvalue weighted by atomic mass is 9.77. The number of phenolic OH excluding ortho intramolecular Hbond substituents is 1. The van der Waals surface area contributed by atoms with Crippen LogP contribution in [0.3, 0.4) is 0 Å². The number of carbonyl (C=O) groups is 2. The molecule has 1 aromatic heterocycles. The highest BCUT2D eigenvalue weighted by Gasteiger charge is 2.48. The van der Waals surface area contributed by atoms with Crippen molar-refractivity contribution in [2.75, 3.05) is 13.7 Å². The number of benzene rings is 1. The zero-order valence-electron chi connectivity index (χ0n) is 22.6. The highest BCUT2D eigenvalue weighted by molar-refractivity contribution is 5.89. The van der Waals surface area contributed by atoms with Crippen molar-refractivity contribution < 1.29 is 59.2 Å². The molecule has 228 valence electrons. The molecule has 1 fully saturated rings. The Kier molecular flexibility index (Phi) is 8.57. The lowest BCUT2D eigenvalue weighted by Crippen LogP contribution is -2.60.